The van der Waals surface area contributed by atoms with Crippen LogP contribution in [0, 0.1) is 0 Å². The molecule has 0 N–H and O–H groups in total. The van der Waals surface area contributed by atoms with Gasteiger partial charge in [-0.15, -0.1) is 5.10 Å². The Hall–Kier alpha value is -1.68. The summed E-state index contributed by atoms with van der Waals surface area (Å²) in [6.07, 6.45) is 2.94. The van der Waals surface area contributed by atoms with E-state index in [0.29, 0.717) is 16.8 Å². The Kier molecular flexibility index (Phi) is 2.44. The molecule has 2 aromatic rings. The zero-order valence-corrected chi connectivity index (χ0v) is 9.76. The van der Waals surface area contributed by atoms with Gasteiger partial charge in [-0.3, -0.25) is 4.79 Å². The lowest BCUT2D eigenvalue weighted by atomic mass is 10.1. The van der Waals surface area contributed by atoms with Crippen molar-refractivity contribution in [3.8, 4) is 11.3 Å². The van der Waals surface area contributed by atoms with Crippen LogP contribution in [0.25, 0.3) is 11.3 Å². The fraction of sp³-hybridized carbons (Fsp3) is 0.250. The second kappa shape index (κ2) is 3.96. The van der Waals surface area contributed by atoms with Gasteiger partial charge in [0.15, 0.2) is 12.0 Å². The Labute approximate surface area is 103 Å². The van der Waals surface area contributed by atoms with Crippen LogP contribution in [0.5, 0.6) is 0 Å². The summed E-state index contributed by atoms with van der Waals surface area (Å²) in [6, 6.07) is 7.76. The average molecular weight is 248 g/mol. The first-order chi connectivity index (χ1) is 8.29. The number of aldehydes is 1. The van der Waals surface area contributed by atoms with E-state index in [2.05, 4.69) is 10.3 Å². The predicted octanol–water partition coefficient (Wildman–Crippen LogP) is 2.75. The highest BCUT2D eigenvalue weighted by Gasteiger charge is 2.29. The molecule has 1 aliphatic rings. The quantitative estimate of drug-likeness (QED) is 0.784. The Bertz CT molecular complexity index is 558. The predicted molar refractivity (Wildman–Crippen MR) is 64.1 cm³/mol. The minimum atomic E-state index is 0.388. The lowest BCUT2D eigenvalue weighted by molar-refractivity contribution is 0.111. The molecule has 1 aliphatic carbocycles. The van der Waals surface area contributed by atoms with Gasteiger partial charge in [0.1, 0.15) is 0 Å². The van der Waals surface area contributed by atoms with Crippen molar-refractivity contribution in [3.05, 3.63) is 35.0 Å². The van der Waals surface area contributed by atoms with Crippen molar-refractivity contribution >= 4 is 17.9 Å². The Morgan fingerprint density at radius 2 is 2.00 bits per heavy atom. The maximum atomic E-state index is 11.0. The summed E-state index contributed by atoms with van der Waals surface area (Å²) in [6.45, 7) is 0. The van der Waals surface area contributed by atoms with Gasteiger partial charge in [-0.25, -0.2) is 4.68 Å². The summed E-state index contributed by atoms with van der Waals surface area (Å²) in [7, 11) is 0. The highest BCUT2D eigenvalue weighted by molar-refractivity contribution is 6.30. The van der Waals surface area contributed by atoms with Crippen LogP contribution in [0.2, 0.25) is 5.02 Å². The highest BCUT2D eigenvalue weighted by Crippen LogP contribution is 2.38. The summed E-state index contributed by atoms with van der Waals surface area (Å²) in [4.78, 5) is 11.0. The average Bonchev–Trinajstić information content (AvgIpc) is 3.10. The number of hydrogen-bond acceptors (Lipinski definition) is 3. The van der Waals surface area contributed by atoms with Crippen LogP contribution in [-0.4, -0.2) is 21.3 Å². The lowest BCUT2D eigenvalue weighted by Crippen LogP contribution is -1.99. The largest absolute Gasteiger partial charge is 0.296 e. The SMILES string of the molecule is O=Cc1nnn(C2CC2)c1-c1ccc(Cl)cc1. The molecule has 0 saturated heterocycles. The van der Waals surface area contributed by atoms with Gasteiger partial charge in [-0.2, -0.15) is 0 Å². The molecule has 17 heavy (non-hydrogen) atoms. The van der Waals surface area contributed by atoms with Crippen LogP contribution in [0.3, 0.4) is 0 Å². The van der Waals surface area contributed by atoms with E-state index in [1.165, 1.54) is 0 Å². The number of rotatable bonds is 3. The van der Waals surface area contributed by atoms with Crippen molar-refractivity contribution in [3.63, 3.8) is 0 Å². The molecule has 1 heterocycles. The first-order valence-corrected chi connectivity index (χ1v) is 5.83. The molecule has 0 spiro atoms. The second-order valence-corrected chi connectivity index (χ2v) is 4.56. The third kappa shape index (κ3) is 1.85. The number of carbonyl (C=O) groups is 1. The molecule has 0 unspecified atom stereocenters. The van der Waals surface area contributed by atoms with Crippen LogP contribution >= 0.6 is 11.6 Å². The van der Waals surface area contributed by atoms with Gasteiger partial charge >= 0.3 is 0 Å². The fourth-order valence-electron chi connectivity index (χ4n) is 1.85. The number of halogens is 1. The van der Waals surface area contributed by atoms with Gasteiger partial charge in [0.05, 0.1) is 11.7 Å². The van der Waals surface area contributed by atoms with Crippen LogP contribution in [0.1, 0.15) is 29.4 Å². The van der Waals surface area contributed by atoms with Gasteiger partial charge in [0.25, 0.3) is 0 Å². The molecule has 0 aliphatic heterocycles. The number of hydrogen-bond donors (Lipinski definition) is 0. The van der Waals surface area contributed by atoms with Gasteiger partial charge < -0.3 is 0 Å². The molecule has 0 bridgehead atoms. The maximum Gasteiger partial charge on any atom is 0.172 e. The molecule has 1 saturated carbocycles. The summed E-state index contributed by atoms with van der Waals surface area (Å²) in [5.41, 5.74) is 2.10. The van der Waals surface area contributed by atoms with Gasteiger partial charge in [0, 0.05) is 10.6 Å². The zero-order chi connectivity index (χ0) is 11.8. The van der Waals surface area contributed by atoms with Crippen LogP contribution in [0.15, 0.2) is 24.3 Å². The van der Waals surface area contributed by atoms with Crippen molar-refractivity contribution in [2.75, 3.05) is 0 Å². The molecule has 0 radical (unpaired) electrons. The number of nitrogens with zero attached hydrogens (tertiary/aromatic N) is 3. The van der Waals surface area contributed by atoms with Crippen molar-refractivity contribution in [2.24, 2.45) is 0 Å². The van der Waals surface area contributed by atoms with E-state index in [1.807, 2.05) is 16.8 Å². The molecular formula is C12H10ClN3O. The topological polar surface area (TPSA) is 47.8 Å². The maximum absolute atomic E-state index is 11.0. The van der Waals surface area contributed by atoms with E-state index in [4.69, 9.17) is 11.6 Å². The van der Waals surface area contributed by atoms with E-state index in [9.17, 15) is 4.79 Å². The van der Waals surface area contributed by atoms with Gasteiger partial charge in [-0.1, -0.05) is 28.9 Å². The smallest absolute Gasteiger partial charge is 0.172 e. The van der Waals surface area contributed by atoms with E-state index in [0.717, 1.165) is 30.4 Å². The first-order valence-electron chi connectivity index (χ1n) is 5.46. The Morgan fingerprint density at radius 1 is 1.29 bits per heavy atom. The second-order valence-electron chi connectivity index (χ2n) is 4.12. The van der Waals surface area contributed by atoms with E-state index in [1.54, 1.807) is 12.1 Å². The number of benzene rings is 1. The van der Waals surface area contributed by atoms with E-state index >= 15 is 0 Å². The standard InChI is InChI=1S/C12H10ClN3O/c13-9-3-1-8(2-4-9)12-11(7-17)14-15-16(12)10-5-6-10/h1-4,7,10H,5-6H2. The molecule has 1 aromatic heterocycles. The highest BCUT2D eigenvalue weighted by atomic mass is 35.5. The lowest BCUT2D eigenvalue weighted by Gasteiger charge is -2.05. The molecule has 0 atom stereocenters. The summed E-state index contributed by atoms with van der Waals surface area (Å²) in [5, 5.41) is 8.63. The van der Waals surface area contributed by atoms with Crippen LogP contribution in [0.4, 0.5) is 0 Å². The van der Waals surface area contributed by atoms with Gasteiger partial charge in [0.2, 0.25) is 0 Å². The minimum absolute atomic E-state index is 0.388. The number of carbonyl (C=O) groups excluding carboxylic acids is 1. The molecule has 4 nitrogen and oxygen atoms in total. The monoisotopic (exact) mass is 247 g/mol. The summed E-state index contributed by atoms with van der Waals surface area (Å²) < 4.78 is 1.84. The van der Waals surface area contributed by atoms with Crippen LogP contribution < -0.4 is 0 Å². The molecule has 1 fully saturated rings. The number of aromatic nitrogens is 3. The molecule has 0 amide bonds. The zero-order valence-electron chi connectivity index (χ0n) is 9.01. The van der Waals surface area contributed by atoms with Crippen LogP contribution in [-0.2, 0) is 0 Å². The van der Waals surface area contributed by atoms with Crippen molar-refractivity contribution in [2.45, 2.75) is 18.9 Å². The van der Waals surface area contributed by atoms with E-state index < -0.39 is 0 Å². The van der Waals surface area contributed by atoms with Gasteiger partial charge in [-0.05, 0) is 25.0 Å². The molecular weight excluding hydrogens is 238 g/mol. The summed E-state index contributed by atoms with van der Waals surface area (Å²) in [5.74, 6) is 0. The van der Waals surface area contributed by atoms with Crippen molar-refractivity contribution in [1.29, 1.82) is 0 Å². The van der Waals surface area contributed by atoms with Crippen molar-refractivity contribution in [1.82, 2.24) is 15.0 Å². The third-order valence-electron chi connectivity index (χ3n) is 2.84. The molecule has 5 heteroatoms. The minimum Gasteiger partial charge on any atom is -0.296 e. The normalized spacial score (nSPS) is 14.9. The van der Waals surface area contributed by atoms with Crippen molar-refractivity contribution < 1.29 is 4.79 Å². The molecule has 3 rings (SSSR count). The van der Waals surface area contributed by atoms with E-state index in [-0.39, 0.29) is 0 Å². The Morgan fingerprint density at radius 3 is 2.59 bits per heavy atom. The fourth-order valence-corrected chi connectivity index (χ4v) is 1.97. The first kappa shape index (κ1) is 10.5. The Balaban J connectivity index is 2.13. The third-order valence-corrected chi connectivity index (χ3v) is 3.09. The molecule has 1 aromatic carbocycles. The molecule has 86 valence electrons. The summed E-state index contributed by atoms with van der Waals surface area (Å²) >= 11 is 5.85.